The molecule has 0 aliphatic carbocycles. The highest BCUT2D eigenvalue weighted by Gasteiger charge is 2.02. The number of hydrogen-bond acceptors (Lipinski definition) is 4. The maximum absolute atomic E-state index is 12.3. The minimum atomic E-state index is -1.04. The second-order valence-electron chi connectivity index (χ2n) is 5.04. The van der Waals surface area contributed by atoms with Crippen LogP contribution in [0.3, 0.4) is 0 Å². The number of benzene rings is 2. The smallest absolute Gasteiger partial charge is 0.328 e. The topological polar surface area (TPSA) is 105 Å². The Balaban J connectivity index is 2.12. The lowest BCUT2D eigenvalue weighted by Crippen LogP contribution is -1.97. The summed E-state index contributed by atoms with van der Waals surface area (Å²) in [6, 6.07) is 14.2. The van der Waals surface area contributed by atoms with Gasteiger partial charge in [-0.15, -0.1) is 0 Å². The second kappa shape index (κ2) is 8.83. The molecule has 0 spiro atoms. The number of nitrogens with two attached hydrogens (primary N) is 1. The van der Waals surface area contributed by atoms with Crippen molar-refractivity contribution in [3.05, 3.63) is 77.4 Å². The molecule has 0 aliphatic rings. The number of carboxylic acid groups (broad SMARTS) is 1. The van der Waals surface area contributed by atoms with Gasteiger partial charge >= 0.3 is 5.97 Å². The number of anilines is 1. The molecule has 0 saturated heterocycles. The molecule has 6 nitrogen and oxygen atoms in total. The van der Waals surface area contributed by atoms with E-state index in [1.807, 2.05) is 24.3 Å². The second-order valence-corrected chi connectivity index (χ2v) is 5.04. The van der Waals surface area contributed by atoms with Gasteiger partial charge in [0.05, 0.1) is 0 Å². The van der Waals surface area contributed by atoms with E-state index >= 15 is 0 Å². The normalized spacial score (nSPS) is 11.4. The predicted molar refractivity (Wildman–Crippen MR) is 99.2 cm³/mol. The van der Waals surface area contributed by atoms with Crippen LogP contribution < -0.4 is 11.2 Å². The van der Waals surface area contributed by atoms with Crippen molar-refractivity contribution in [1.82, 2.24) is 0 Å². The van der Waals surface area contributed by atoms with Crippen LogP contribution >= 0.6 is 0 Å². The molecule has 6 heteroatoms. The molecule has 0 heterocycles. The monoisotopic (exact) mass is 335 g/mol. The van der Waals surface area contributed by atoms with E-state index in [4.69, 9.17) is 10.9 Å². The SMILES string of the molecule is NN=CNc1cccc(C=CC(=O)c2cccc(C=CC(=O)O)c2)c1. The van der Waals surface area contributed by atoms with E-state index in [2.05, 4.69) is 10.4 Å². The Morgan fingerprint density at radius 2 is 1.68 bits per heavy atom. The van der Waals surface area contributed by atoms with Crippen molar-refractivity contribution < 1.29 is 14.7 Å². The average Bonchev–Trinajstić information content (AvgIpc) is 2.63. The first kappa shape index (κ1) is 17.7. The quantitative estimate of drug-likeness (QED) is 0.180. The van der Waals surface area contributed by atoms with E-state index < -0.39 is 5.97 Å². The molecule has 0 unspecified atom stereocenters. The van der Waals surface area contributed by atoms with Gasteiger partial charge in [-0.25, -0.2) is 4.79 Å². The zero-order valence-corrected chi connectivity index (χ0v) is 13.3. The molecule has 126 valence electrons. The third kappa shape index (κ3) is 5.80. The van der Waals surface area contributed by atoms with Crippen LogP contribution in [0.4, 0.5) is 5.69 Å². The fourth-order valence-electron chi connectivity index (χ4n) is 2.08. The Hall–Kier alpha value is -3.67. The van der Waals surface area contributed by atoms with E-state index in [-0.39, 0.29) is 5.78 Å². The standard InChI is InChI=1S/C19H17N3O3/c20-22-13-21-17-6-2-4-15(12-17)7-9-18(23)16-5-1-3-14(11-16)8-10-19(24)25/h1-13H,20H2,(H,21,22)(H,24,25). The molecule has 0 atom stereocenters. The highest BCUT2D eigenvalue weighted by molar-refractivity contribution is 6.07. The fourth-order valence-corrected chi connectivity index (χ4v) is 2.08. The number of hydrazone groups is 1. The van der Waals surface area contributed by atoms with Gasteiger partial charge in [-0.3, -0.25) is 4.79 Å². The van der Waals surface area contributed by atoms with Crippen molar-refractivity contribution >= 4 is 35.9 Å². The van der Waals surface area contributed by atoms with Gasteiger partial charge in [-0.1, -0.05) is 36.4 Å². The Kier molecular flexibility index (Phi) is 6.24. The predicted octanol–water partition coefficient (Wildman–Crippen LogP) is 2.99. The maximum atomic E-state index is 12.3. The number of carboxylic acids is 1. The Bertz CT molecular complexity index is 854. The minimum Gasteiger partial charge on any atom is -0.478 e. The third-order valence-corrected chi connectivity index (χ3v) is 3.21. The average molecular weight is 335 g/mol. The first-order chi connectivity index (χ1) is 12.1. The number of carbonyl (C=O) groups excluding carboxylic acids is 1. The summed E-state index contributed by atoms with van der Waals surface area (Å²) in [6.07, 6.45) is 7.01. The molecule has 0 radical (unpaired) electrons. The summed E-state index contributed by atoms with van der Waals surface area (Å²) in [6.45, 7) is 0. The molecule has 0 amide bonds. The lowest BCUT2D eigenvalue weighted by Gasteiger charge is -2.01. The van der Waals surface area contributed by atoms with Crippen LogP contribution in [-0.2, 0) is 4.79 Å². The van der Waals surface area contributed by atoms with Crippen molar-refractivity contribution in [2.75, 3.05) is 5.32 Å². The lowest BCUT2D eigenvalue weighted by molar-refractivity contribution is -0.131. The zero-order valence-electron chi connectivity index (χ0n) is 13.3. The van der Waals surface area contributed by atoms with Gasteiger partial charge in [-0.2, -0.15) is 5.10 Å². The number of carbonyl (C=O) groups is 2. The Morgan fingerprint density at radius 3 is 2.40 bits per heavy atom. The molecule has 2 aromatic carbocycles. The first-order valence-corrected chi connectivity index (χ1v) is 7.40. The van der Waals surface area contributed by atoms with Gasteiger partial charge in [0.15, 0.2) is 5.78 Å². The van der Waals surface area contributed by atoms with Crippen molar-refractivity contribution in [3.8, 4) is 0 Å². The summed E-state index contributed by atoms with van der Waals surface area (Å²) in [7, 11) is 0. The van der Waals surface area contributed by atoms with Crippen LogP contribution in [0.1, 0.15) is 21.5 Å². The fraction of sp³-hybridized carbons (Fsp3) is 0. The molecule has 2 aromatic rings. The van der Waals surface area contributed by atoms with E-state index in [9.17, 15) is 9.59 Å². The van der Waals surface area contributed by atoms with Gasteiger partial charge in [0.1, 0.15) is 6.34 Å². The number of allylic oxidation sites excluding steroid dienone is 1. The lowest BCUT2D eigenvalue weighted by atomic mass is 10.1. The molecule has 4 N–H and O–H groups in total. The van der Waals surface area contributed by atoms with E-state index in [0.29, 0.717) is 11.1 Å². The molecular weight excluding hydrogens is 318 g/mol. The number of nitrogens with one attached hydrogen (secondary N) is 1. The van der Waals surface area contributed by atoms with E-state index in [1.54, 1.807) is 30.3 Å². The van der Waals surface area contributed by atoms with Crippen LogP contribution in [0.25, 0.3) is 12.2 Å². The zero-order chi connectivity index (χ0) is 18.1. The van der Waals surface area contributed by atoms with Crippen molar-refractivity contribution in [2.45, 2.75) is 0 Å². The van der Waals surface area contributed by atoms with Crippen molar-refractivity contribution in [1.29, 1.82) is 0 Å². The largest absolute Gasteiger partial charge is 0.478 e. The Labute approximate surface area is 145 Å². The number of rotatable bonds is 7. The third-order valence-electron chi connectivity index (χ3n) is 3.21. The van der Waals surface area contributed by atoms with Crippen LogP contribution in [0.15, 0.2) is 65.8 Å². The molecule has 0 aromatic heterocycles. The van der Waals surface area contributed by atoms with E-state index in [1.165, 1.54) is 18.5 Å². The molecule has 0 saturated carbocycles. The number of nitrogens with zero attached hydrogens (tertiary/aromatic N) is 1. The van der Waals surface area contributed by atoms with Crippen LogP contribution in [0.2, 0.25) is 0 Å². The highest BCUT2D eigenvalue weighted by atomic mass is 16.4. The Morgan fingerprint density at radius 1 is 1.00 bits per heavy atom. The van der Waals surface area contributed by atoms with Gasteiger partial charge < -0.3 is 16.3 Å². The molecule has 25 heavy (non-hydrogen) atoms. The van der Waals surface area contributed by atoms with Crippen molar-refractivity contribution in [2.24, 2.45) is 10.9 Å². The summed E-state index contributed by atoms with van der Waals surface area (Å²) in [5.74, 6) is 3.83. The summed E-state index contributed by atoms with van der Waals surface area (Å²) in [5.41, 5.74) is 2.76. The molecule has 0 bridgehead atoms. The highest BCUT2D eigenvalue weighted by Crippen LogP contribution is 2.13. The molecule has 0 aliphatic heterocycles. The van der Waals surface area contributed by atoms with Crippen molar-refractivity contribution in [3.63, 3.8) is 0 Å². The van der Waals surface area contributed by atoms with Gasteiger partial charge in [-0.05, 0) is 41.5 Å². The summed E-state index contributed by atoms with van der Waals surface area (Å²) in [5, 5.41) is 14.9. The number of ketones is 1. The van der Waals surface area contributed by atoms with E-state index in [0.717, 1.165) is 17.3 Å². The van der Waals surface area contributed by atoms with Gasteiger partial charge in [0.2, 0.25) is 0 Å². The summed E-state index contributed by atoms with van der Waals surface area (Å²) < 4.78 is 0. The van der Waals surface area contributed by atoms with Gasteiger partial charge in [0, 0.05) is 17.3 Å². The summed E-state index contributed by atoms with van der Waals surface area (Å²) in [4.78, 5) is 22.8. The molecular formula is C19H17N3O3. The maximum Gasteiger partial charge on any atom is 0.328 e. The molecule has 2 rings (SSSR count). The van der Waals surface area contributed by atoms with Crippen LogP contribution in [0, 0.1) is 0 Å². The van der Waals surface area contributed by atoms with Gasteiger partial charge in [0.25, 0.3) is 0 Å². The first-order valence-electron chi connectivity index (χ1n) is 7.40. The van der Waals surface area contributed by atoms with Crippen LogP contribution in [0.5, 0.6) is 0 Å². The van der Waals surface area contributed by atoms with Crippen LogP contribution in [-0.4, -0.2) is 23.2 Å². The number of aliphatic carboxylic acids is 1. The summed E-state index contributed by atoms with van der Waals surface area (Å²) >= 11 is 0. The molecule has 0 fully saturated rings. The number of hydrogen-bond donors (Lipinski definition) is 3. The minimum absolute atomic E-state index is 0.174.